The molecule has 2 saturated heterocycles. The third-order valence-electron chi connectivity index (χ3n) is 7.13. The molecular formula is C27H37N3O2S. The van der Waals surface area contributed by atoms with Gasteiger partial charge in [0.25, 0.3) is 0 Å². The topological polar surface area (TPSA) is 36.0 Å². The monoisotopic (exact) mass is 467 g/mol. The number of rotatable bonds is 6. The largest absolute Gasteiger partial charge is 0.495 e. The van der Waals surface area contributed by atoms with Crippen LogP contribution < -0.4 is 9.64 Å². The van der Waals surface area contributed by atoms with E-state index in [1.165, 1.54) is 18.4 Å². The van der Waals surface area contributed by atoms with Gasteiger partial charge in [0, 0.05) is 37.6 Å². The number of likely N-dealkylation sites (tertiary alicyclic amines) is 1. The minimum Gasteiger partial charge on any atom is -0.495 e. The Morgan fingerprint density at radius 1 is 1.00 bits per heavy atom. The van der Waals surface area contributed by atoms with Crippen molar-refractivity contribution in [2.45, 2.75) is 56.0 Å². The van der Waals surface area contributed by atoms with Crippen molar-refractivity contribution in [1.82, 2.24) is 9.80 Å². The van der Waals surface area contributed by atoms with Crippen molar-refractivity contribution < 1.29 is 9.53 Å². The minimum atomic E-state index is -0.110. The first-order valence-electron chi connectivity index (χ1n) is 12.3. The molecule has 178 valence electrons. The van der Waals surface area contributed by atoms with Gasteiger partial charge in [0.05, 0.1) is 24.9 Å². The average molecular weight is 468 g/mol. The normalized spacial score (nSPS) is 20.9. The molecule has 2 atom stereocenters. The lowest BCUT2D eigenvalue weighted by Crippen LogP contribution is -2.57. The lowest BCUT2D eigenvalue weighted by Gasteiger charge is -2.46. The molecule has 2 heterocycles. The molecule has 0 saturated carbocycles. The highest BCUT2D eigenvalue weighted by molar-refractivity contribution is 7.80. The zero-order chi connectivity index (χ0) is 23.2. The van der Waals surface area contributed by atoms with E-state index in [9.17, 15) is 4.79 Å². The van der Waals surface area contributed by atoms with Crippen LogP contribution in [0, 0.1) is 0 Å². The second kappa shape index (κ2) is 11.3. The van der Waals surface area contributed by atoms with E-state index < -0.39 is 0 Å². The molecule has 0 spiro atoms. The van der Waals surface area contributed by atoms with E-state index in [2.05, 4.69) is 52.0 Å². The van der Waals surface area contributed by atoms with E-state index in [1.807, 2.05) is 18.2 Å². The molecule has 2 fully saturated rings. The summed E-state index contributed by atoms with van der Waals surface area (Å²) in [5.74, 6) is 1.18. The summed E-state index contributed by atoms with van der Waals surface area (Å²) in [5, 5.41) is 0. The Morgan fingerprint density at radius 2 is 1.70 bits per heavy atom. The number of para-hydroxylation sites is 2. The summed E-state index contributed by atoms with van der Waals surface area (Å²) in [4.78, 5) is 21.7. The second-order valence-electron chi connectivity index (χ2n) is 9.09. The van der Waals surface area contributed by atoms with Gasteiger partial charge in [-0.25, -0.2) is 0 Å². The van der Waals surface area contributed by atoms with E-state index in [4.69, 9.17) is 17.4 Å². The Kier molecular flexibility index (Phi) is 8.20. The number of ether oxygens (including phenoxy) is 1. The first-order chi connectivity index (χ1) is 16.1. The Labute approximate surface area is 204 Å². The van der Waals surface area contributed by atoms with Crippen LogP contribution in [-0.4, -0.2) is 61.6 Å². The van der Waals surface area contributed by atoms with Crippen molar-refractivity contribution in [2.75, 3.05) is 44.7 Å². The quantitative estimate of drug-likeness (QED) is 0.605. The smallest absolute Gasteiger partial charge is 0.239 e. The number of thiol groups is 1. The van der Waals surface area contributed by atoms with Gasteiger partial charge in [-0.1, -0.05) is 50.1 Å². The fourth-order valence-electron chi connectivity index (χ4n) is 5.38. The minimum absolute atomic E-state index is 0.0817. The first-order valence-corrected chi connectivity index (χ1v) is 12.8. The molecule has 4 rings (SSSR count). The summed E-state index contributed by atoms with van der Waals surface area (Å²) in [6, 6.07) is 16.5. The highest BCUT2D eigenvalue weighted by atomic mass is 32.1. The molecule has 1 amide bonds. The zero-order valence-electron chi connectivity index (χ0n) is 19.9. The van der Waals surface area contributed by atoms with Gasteiger partial charge in [0.15, 0.2) is 0 Å². The van der Waals surface area contributed by atoms with Crippen LogP contribution in [0.15, 0.2) is 53.4 Å². The van der Waals surface area contributed by atoms with Crippen molar-refractivity contribution in [1.29, 1.82) is 0 Å². The lowest BCUT2D eigenvalue weighted by molar-refractivity contribution is -0.138. The van der Waals surface area contributed by atoms with Crippen LogP contribution in [0.5, 0.6) is 5.75 Å². The third-order valence-corrected chi connectivity index (χ3v) is 7.54. The van der Waals surface area contributed by atoms with Gasteiger partial charge >= 0.3 is 0 Å². The maximum atomic E-state index is 13.7. The van der Waals surface area contributed by atoms with Crippen molar-refractivity contribution >= 4 is 24.2 Å². The zero-order valence-corrected chi connectivity index (χ0v) is 20.8. The van der Waals surface area contributed by atoms with Gasteiger partial charge in [0.2, 0.25) is 5.91 Å². The summed E-state index contributed by atoms with van der Waals surface area (Å²) in [7, 11) is 1.72. The third kappa shape index (κ3) is 5.33. The number of carbonyl (C=O) groups is 1. The molecule has 0 aliphatic carbocycles. The van der Waals surface area contributed by atoms with Crippen LogP contribution >= 0.6 is 12.6 Å². The molecule has 0 radical (unpaired) electrons. The highest BCUT2D eigenvalue weighted by Gasteiger charge is 2.38. The summed E-state index contributed by atoms with van der Waals surface area (Å²) >= 11 is 4.80. The standard InChI is InChI=1S/C27H37N3O2S/c1-3-22(27(31)28-16-10-4-5-11-17-28)30-19-18-29(23-13-7-8-14-25(23)32-2)20-24(30)21-12-6-9-15-26(21)33/h6-9,12-15,22,24,33H,3-5,10-11,16-20H2,1-2H3. The lowest BCUT2D eigenvalue weighted by atomic mass is 9.97. The molecule has 0 bridgehead atoms. The molecule has 0 aromatic heterocycles. The number of benzene rings is 2. The van der Waals surface area contributed by atoms with Crippen LogP contribution in [0.1, 0.15) is 50.6 Å². The molecule has 2 aliphatic heterocycles. The van der Waals surface area contributed by atoms with E-state index in [-0.39, 0.29) is 12.1 Å². The number of carbonyl (C=O) groups excluding carboxylic acids is 1. The summed E-state index contributed by atoms with van der Waals surface area (Å²) in [6.45, 7) is 6.41. The number of methoxy groups -OCH3 is 1. The van der Waals surface area contributed by atoms with Crippen LogP contribution in [-0.2, 0) is 4.79 Å². The van der Waals surface area contributed by atoms with E-state index in [1.54, 1.807) is 7.11 Å². The number of hydrogen-bond donors (Lipinski definition) is 1. The van der Waals surface area contributed by atoms with Crippen molar-refractivity contribution in [2.24, 2.45) is 0 Å². The van der Waals surface area contributed by atoms with Crippen LogP contribution in [0.2, 0.25) is 0 Å². The Balaban J connectivity index is 1.65. The Morgan fingerprint density at radius 3 is 2.39 bits per heavy atom. The van der Waals surface area contributed by atoms with E-state index in [0.29, 0.717) is 5.91 Å². The van der Waals surface area contributed by atoms with E-state index in [0.717, 1.165) is 68.3 Å². The van der Waals surface area contributed by atoms with Crippen molar-refractivity contribution in [3.8, 4) is 5.75 Å². The number of piperazine rings is 1. The molecule has 5 nitrogen and oxygen atoms in total. The van der Waals surface area contributed by atoms with Crippen LogP contribution in [0.3, 0.4) is 0 Å². The second-order valence-corrected chi connectivity index (χ2v) is 9.58. The Bertz CT molecular complexity index is 929. The highest BCUT2D eigenvalue weighted by Crippen LogP contribution is 2.37. The Hall–Kier alpha value is -2.18. The van der Waals surface area contributed by atoms with Crippen LogP contribution in [0.25, 0.3) is 0 Å². The molecule has 0 N–H and O–H groups in total. The predicted octanol–water partition coefficient (Wildman–Crippen LogP) is 5.03. The molecule has 33 heavy (non-hydrogen) atoms. The first kappa shape index (κ1) is 24.0. The van der Waals surface area contributed by atoms with Gasteiger partial charge in [-0.2, -0.15) is 0 Å². The molecular weight excluding hydrogens is 430 g/mol. The maximum Gasteiger partial charge on any atom is 0.239 e. The average Bonchev–Trinajstić information content (AvgIpc) is 3.15. The predicted molar refractivity (Wildman–Crippen MR) is 137 cm³/mol. The van der Waals surface area contributed by atoms with Gasteiger partial charge in [-0.15, -0.1) is 12.6 Å². The number of anilines is 1. The number of nitrogens with zero attached hydrogens (tertiary/aromatic N) is 3. The maximum absolute atomic E-state index is 13.7. The van der Waals surface area contributed by atoms with Crippen molar-refractivity contribution in [3.05, 3.63) is 54.1 Å². The molecule has 6 heteroatoms. The summed E-state index contributed by atoms with van der Waals surface area (Å²) < 4.78 is 5.66. The summed E-state index contributed by atoms with van der Waals surface area (Å²) in [5.41, 5.74) is 2.29. The molecule has 2 aromatic rings. The summed E-state index contributed by atoms with van der Waals surface area (Å²) in [6.07, 6.45) is 5.51. The number of amides is 1. The van der Waals surface area contributed by atoms with E-state index >= 15 is 0 Å². The van der Waals surface area contributed by atoms with Gasteiger partial charge < -0.3 is 14.5 Å². The van der Waals surface area contributed by atoms with Gasteiger partial charge in [0.1, 0.15) is 5.75 Å². The molecule has 2 aromatic carbocycles. The van der Waals surface area contributed by atoms with Crippen LogP contribution in [0.4, 0.5) is 5.69 Å². The molecule has 2 unspecified atom stereocenters. The fourth-order valence-corrected chi connectivity index (χ4v) is 5.69. The SMILES string of the molecule is CCC(C(=O)N1CCCCCC1)N1CCN(c2ccccc2OC)CC1c1ccccc1S. The van der Waals surface area contributed by atoms with Gasteiger partial charge in [-0.05, 0) is 43.0 Å². The van der Waals surface area contributed by atoms with Gasteiger partial charge in [-0.3, -0.25) is 9.69 Å². The molecule has 2 aliphatic rings. The number of hydrogen-bond acceptors (Lipinski definition) is 5. The van der Waals surface area contributed by atoms with Crippen molar-refractivity contribution in [3.63, 3.8) is 0 Å². The fraction of sp³-hybridized carbons (Fsp3) is 0.519.